The number of hydrogen-bond donors (Lipinski definition) is 0. The molecule has 6 nitrogen and oxygen atoms in total. The van der Waals surface area contributed by atoms with Crippen molar-refractivity contribution in [2.24, 2.45) is 0 Å². The number of methoxy groups -OCH3 is 2. The van der Waals surface area contributed by atoms with Crippen molar-refractivity contribution in [3.8, 4) is 11.5 Å². The first-order valence-corrected chi connectivity index (χ1v) is 11.2. The van der Waals surface area contributed by atoms with Crippen molar-refractivity contribution in [1.29, 1.82) is 0 Å². The Labute approximate surface area is 205 Å². The molecule has 0 unspecified atom stereocenters. The zero-order chi connectivity index (χ0) is 24.0. The van der Waals surface area contributed by atoms with Crippen LogP contribution in [0.4, 0.5) is 0 Å². The summed E-state index contributed by atoms with van der Waals surface area (Å²) in [5.41, 5.74) is 1.65. The Hall–Kier alpha value is -3.48. The van der Waals surface area contributed by atoms with Crippen molar-refractivity contribution in [2.45, 2.75) is 12.6 Å². The smallest absolute Gasteiger partial charge is 0.291 e. The van der Waals surface area contributed by atoms with E-state index in [0.717, 1.165) is 5.56 Å². The van der Waals surface area contributed by atoms with E-state index < -0.39 is 11.9 Å². The van der Waals surface area contributed by atoms with E-state index in [1.807, 2.05) is 18.2 Å². The molecule has 0 N–H and O–H groups in total. The number of hydrogen-bond acceptors (Lipinski definition) is 5. The van der Waals surface area contributed by atoms with E-state index in [0.29, 0.717) is 38.1 Å². The Kier molecular flexibility index (Phi) is 5.71. The van der Waals surface area contributed by atoms with Gasteiger partial charge in [-0.1, -0.05) is 47.5 Å². The lowest BCUT2D eigenvalue weighted by atomic mass is 9.97. The van der Waals surface area contributed by atoms with Gasteiger partial charge in [-0.15, -0.1) is 0 Å². The zero-order valence-corrected chi connectivity index (χ0v) is 19.8. The van der Waals surface area contributed by atoms with E-state index in [2.05, 4.69) is 0 Å². The highest BCUT2D eigenvalue weighted by molar-refractivity contribution is 6.31. The number of nitrogens with zero attached hydrogens (tertiary/aromatic N) is 1. The van der Waals surface area contributed by atoms with Gasteiger partial charge in [0.15, 0.2) is 16.9 Å². The molecule has 1 aliphatic heterocycles. The van der Waals surface area contributed by atoms with E-state index in [1.54, 1.807) is 54.5 Å². The van der Waals surface area contributed by atoms with Crippen LogP contribution in [0.25, 0.3) is 11.0 Å². The van der Waals surface area contributed by atoms with Gasteiger partial charge in [0.25, 0.3) is 5.91 Å². The third kappa shape index (κ3) is 3.59. The second-order valence-corrected chi connectivity index (χ2v) is 8.70. The molecule has 5 rings (SSSR count). The lowest BCUT2D eigenvalue weighted by molar-refractivity contribution is 0.0714. The molecular weight excluding hydrogens is 477 g/mol. The number of benzene rings is 3. The van der Waals surface area contributed by atoms with Gasteiger partial charge in [-0.3, -0.25) is 9.59 Å². The van der Waals surface area contributed by atoms with Crippen molar-refractivity contribution in [1.82, 2.24) is 4.90 Å². The zero-order valence-electron chi connectivity index (χ0n) is 18.3. The van der Waals surface area contributed by atoms with Crippen LogP contribution in [-0.4, -0.2) is 25.0 Å². The van der Waals surface area contributed by atoms with Crippen LogP contribution in [0.2, 0.25) is 10.0 Å². The number of halogens is 2. The normalized spacial score (nSPS) is 15.0. The fourth-order valence-corrected chi connectivity index (χ4v) is 4.70. The van der Waals surface area contributed by atoms with Gasteiger partial charge in [0.2, 0.25) is 5.76 Å². The average Bonchev–Trinajstić information content (AvgIpc) is 3.12. The fraction of sp³-hybridized carbons (Fsp3) is 0.154. The van der Waals surface area contributed by atoms with Crippen LogP contribution in [0.3, 0.4) is 0 Å². The summed E-state index contributed by atoms with van der Waals surface area (Å²) in [5, 5.41) is 1.23. The van der Waals surface area contributed by atoms with E-state index in [4.69, 9.17) is 37.1 Å². The molecule has 0 saturated carbocycles. The molecule has 8 heteroatoms. The summed E-state index contributed by atoms with van der Waals surface area (Å²) in [6.45, 7) is 0.179. The highest BCUT2D eigenvalue weighted by Crippen LogP contribution is 2.42. The molecular formula is C26H19Cl2NO5. The van der Waals surface area contributed by atoms with E-state index in [-0.39, 0.29) is 23.3 Å². The molecule has 0 fully saturated rings. The van der Waals surface area contributed by atoms with E-state index in [1.165, 1.54) is 7.11 Å². The number of rotatable bonds is 5. The summed E-state index contributed by atoms with van der Waals surface area (Å²) in [4.78, 5) is 28.9. The lowest BCUT2D eigenvalue weighted by Gasteiger charge is -2.26. The molecule has 172 valence electrons. The maximum absolute atomic E-state index is 13.7. The Morgan fingerprint density at radius 2 is 1.71 bits per heavy atom. The summed E-state index contributed by atoms with van der Waals surface area (Å²) < 4.78 is 16.8. The summed E-state index contributed by atoms with van der Waals surface area (Å²) in [6, 6.07) is 16.6. The Balaban J connectivity index is 1.75. The molecule has 2 heterocycles. The van der Waals surface area contributed by atoms with Crippen LogP contribution < -0.4 is 14.9 Å². The van der Waals surface area contributed by atoms with Gasteiger partial charge in [0.05, 0.1) is 31.2 Å². The van der Waals surface area contributed by atoms with Crippen molar-refractivity contribution < 1.29 is 18.7 Å². The maximum atomic E-state index is 13.7. The molecule has 3 aromatic carbocycles. The Morgan fingerprint density at radius 1 is 0.941 bits per heavy atom. The minimum atomic E-state index is -0.724. The number of amides is 1. The van der Waals surface area contributed by atoms with Crippen LogP contribution in [0, 0.1) is 0 Å². The molecule has 1 aliphatic rings. The SMILES string of the molecule is COc1ccc([C@@H]2c3c(oc4ccc(Cl)cc4c3=O)C(=O)N2Cc2ccccc2Cl)cc1OC. The predicted octanol–water partition coefficient (Wildman–Crippen LogP) is 5.86. The maximum Gasteiger partial charge on any atom is 0.291 e. The first kappa shape index (κ1) is 22.3. The van der Waals surface area contributed by atoms with Gasteiger partial charge in [0.1, 0.15) is 5.58 Å². The van der Waals surface area contributed by atoms with Gasteiger partial charge in [-0.25, -0.2) is 0 Å². The Bertz CT molecular complexity index is 1500. The van der Waals surface area contributed by atoms with Crippen LogP contribution >= 0.6 is 23.2 Å². The Morgan fingerprint density at radius 3 is 2.44 bits per heavy atom. The van der Waals surface area contributed by atoms with E-state index in [9.17, 15) is 9.59 Å². The largest absolute Gasteiger partial charge is 0.493 e. The van der Waals surface area contributed by atoms with Crippen LogP contribution in [0.5, 0.6) is 11.5 Å². The van der Waals surface area contributed by atoms with Crippen LogP contribution in [0.15, 0.2) is 69.9 Å². The van der Waals surface area contributed by atoms with Gasteiger partial charge < -0.3 is 18.8 Å². The molecule has 1 aromatic heterocycles. The van der Waals surface area contributed by atoms with Crippen molar-refractivity contribution in [3.05, 3.63) is 103 Å². The molecule has 1 atom stereocenters. The highest BCUT2D eigenvalue weighted by Gasteiger charge is 2.43. The third-order valence-electron chi connectivity index (χ3n) is 5.95. The monoisotopic (exact) mass is 495 g/mol. The number of ether oxygens (including phenoxy) is 2. The van der Waals surface area contributed by atoms with Crippen molar-refractivity contribution in [3.63, 3.8) is 0 Å². The average molecular weight is 496 g/mol. The first-order chi connectivity index (χ1) is 16.4. The topological polar surface area (TPSA) is 69.0 Å². The van der Waals surface area contributed by atoms with E-state index >= 15 is 0 Å². The standard InChI is InChI=1S/C26H19Cl2NO5/c1-32-20-9-7-14(11-21(20)33-2)23-22-24(30)17-12-16(27)8-10-19(17)34-25(22)26(31)29(23)13-15-5-3-4-6-18(15)28/h3-12,23H,13H2,1-2H3/t23-/m1/s1. The molecule has 0 spiro atoms. The number of fused-ring (bicyclic) bond motifs is 2. The minimum absolute atomic E-state index is 0.00617. The second-order valence-electron chi connectivity index (χ2n) is 7.86. The van der Waals surface area contributed by atoms with Crippen molar-refractivity contribution in [2.75, 3.05) is 14.2 Å². The molecule has 0 bridgehead atoms. The van der Waals surface area contributed by atoms with Gasteiger partial charge in [-0.05, 0) is 47.5 Å². The highest BCUT2D eigenvalue weighted by atomic mass is 35.5. The quantitative estimate of drug-likeness (QED) is 0.346. The molecule has 4 aromatic rings. The van der Waals surface area contributed by atoms with Gasteiger partial charge >= 0.3 is 0 Å². The number of carbonyl (C=O) groups excluding carboxylic acids is 1. The molecule has 1 amide bonds. The summed E-state index contributed by atoms with van der Waals surface area (Å²) >= 11 is 12.5. The molecule has 0 radical (unpaired) electrons. The van der Waals surface area contributed by atoms with Crippen LogP contribution in [0.1, 0.15) is 33.3 Å². The molecule has 0 aliphatic carbocycles. The minimum Gasteiger partial charge on any atom is -0.493 e. The molecule has 34 heavy (non-hydrogen) atoms. The summed E-state index contributed by atoms with van der Waals surface area (Å²) in [5.74, 6) is 0.618. The second kappa shape index (κ2) is 8.70. The lowest BCUT2D eigenvalue weighted by Crippen LogP contribution is -2.29. The fourth-order valence-electron chi connectivity index (χ4n) is 4.34. The molecule has 0 saturated heterocycles. The third-order valence-corrected chi connectivity index (χ3v) is 6.55. The summed E-state index contributed by atoms with van der Waals surface area (Å²) in [7, 11) is 3.07. The summed E-state index contributed by atoms with van der Waals surface area (Å²) in [6.07, 6.45) is 0. The predicted molar refractivity (Wildman–Crippen MR) is 130 cm³/mol. The van der Waals surface area contributed by atoms with Crippen molar-refractivity contribution >= 4 is 40.1 Å². The number of carbonyl (C=O) groups is 1. The van der Waals surface area contributed by atoms with Crippen LogP contribution in [-0.2, 0) is 6.54 Å². The first-order valence-electron chi connectivity index (χ1n) is 10.5. The van der Waals surface area contributed by atoms with Gasteiger partial charge in [0, 0.05) is 16.6 Å². The van der Waals surface area contributed by atoms with Gasteiger partial charge in [-0.2, -0.15) is 0 Å².